The van der Waals surface area contributed by atoms with E-state index in [0.29, 0.717) is 5.82 Å². The van der Waals surface area contributed by atoms with Crippen molar-refractivity contribution in [3.8, 4) is 16.9 Å². The highest BCUT2D eigenvalue weighted by Gasteiger charge is 2.13. The van der Waals surface area contributed by atoms with Crippen LogP contribution in [0.2, 0.25) is 0 Å². The summed E-state index contributed by atoms with van der Waals surface area (Å²) in [6.45, 7) is 4.20. The number of benzene rings is 1. The van der Waals surface area contributed by atoms with E-state index >= 15 is 0 Å². The molecule has 0 bridgehead atoms. The molecule has 0 aliphatic rings. The number of H-pyrrole nitrogens is 1. The van der Waals surface area contributed by atoms with Crippen LogP contribution in [0, 0.1) is 13.8 Å². The molecular formula is C18H17N5. The Hall–Kier alpha value is -3.08. The first kappa shape index (κ1) is 13.6. The summed E-state index contributed by atoms with van der Waals surface area (Å²) in [4.78, 5) is 4.62. The molecule has 114 valence electrons. The fraction of sp³-hybridized carbons (Fsp3) is 0.111. The molecule has 1 aromatic carbocycles. The number of aryl methyl sites for hydroxylation is 2. The molecule has 0 fully saturated rings. The third-order valence-corrected chi connectivity index (χ3v) is 4.16. The van der Waals surface area contributed by atoms with E-state index in [0.717, 1.165) is 27.8 Å². The van der Waals surface area contributed by atoms with E-state index in [1.807, 2.05) is 30.5 Å². The molecule has 0 saturated carbocycles. The van der Waals surface area contributed by atoms with Gasteiger partial charge in [-0.1, -0.05) is 6.07 Å². The van der Waals surface area contributed by atoms with Crippen LogP contribution in [0.5, 0.6) is 0 Å². The standard InChI is InChI=1S/C18H17N5/c1-11-5-6-12(2)23(11)16-4-3-9-20-17(16)13-7-8-15-14(10-13)18(19)22-21-15/h3-10H,1-2H3,(H3,19,21,22). The lowest BCUT2D eigenvalue weighted by Crippen LogP contribution is -2.02. The van der Waals surface area contributed by atoms with Gasteiger partial charge < -0.3 is 10.3 Å². The lowest BCUT2D eigenvalue weighted by molar-refractivity contribution is 0.959. The van der Waals surface area contributed by atoms with Gasteiger partial charge in [0.05, 0.1) is 16.9 Å². The van der Waals surface area contributed by atoms with Crippen LogP contribution in [0.3, 0.4) is 0 Å². The molecule has 23 heavy (non-hydrogen) atoms. The molecule has 3 N–H and O–H groups in total. The summed E-state index contributed by atoms with van der Waals surface area (Å²) in [5.41, 5.74) is 12.2. The fourth-order valence-corrected chi connectivity index (χ4v) is 3.03. The summed E-state index contributed by atoms with van der Waals surface area (Å²) in [5, 5.41) is 7.90. The van der Waals surface area contributed by atoms with Gasteiger partial charge in [0, 0.05) is 28.5 Å². The Morgan fingerprint density at radius 3 is 2.61 bits per heavy atom. The number of nitrogen functional groups attached to an aromatic ring is 1. The summed E-state index contributed by atoms with van der Waals surface area (Å²) in [7, 11) is 0. The molecule has 0 unspecified atom stereocenters. The van der Waals surface area contributed by atoms with Crippen LogP contribution in [-0.2, 0) is 0 Å². The Bertz CT molecular complexity index is 990. The van der Waals surface area contributed by atoms with Crippen LogP contribution in [-0.4, -0.2) is 19.7 Å². The average molecular weight is 303 g/mol. The third kappa shape index (κ3) is 2.09. The Morgan fingerprint density at radius 1 is 1.04 bits per heavy atom. The zero-order chi connectivity index (χ0) is 16.0. The highest BCUT2D eigenvalue weighted by molar-refractivity contribution is 5.92. The lowest BCUT2D eigenvalue weighted by atomic mass is 10.1. The summed E-state index contributed by atoms with van der Waals surface area (Å²) < 4.78 is 2.21. The van der Waals surface area contributed by atoms with E-state index in [2.05, 4.69) is 51.8 Å². The van der Waals surface area contributed by atoms with Crippen LogP contribution in [0.1, 0.15) is 11.4 Å². The number of rotatable bonds is 2. The molecule has 0 atom stereocenters. The normalized spacial score (nSPS) is 11.2. The average Bonchev–Trinajstić information content (AvgIpc) is 3.10. The summed E-state index contributed by atoms with van der Waals surface area (Å²) in [5.74, 6) is 0.507. The Morgan fingerprint density at radius 2 is 1.83 bits per heavy atom. The van der Waals surface area contributed by atoms with E-state index in [1.54, 1.807) is 0 Å². The molecule has 3 heterocycles. The molecule has 0 amide bonds. The van der Waals surface area contributed by atoms with Gasteiger partial charge in [-0.25, -0.2) is 0 Å². The predicted octanol–water partition coefficient (Wildman–Crippen LogP) is 3.61. The smallest absolute Gasteiger partial charge is 0.153 e. The van der Waals surface area contributed by atoms with Crippen LogP contribution in [0.25, 0.3) is 27.8 Å². The van der Waals surface area contributed by atoms with E-state index in [-0.39, 0.29) is 0 Å². The first-order valence-corrected chi connectivity index (χ1v) is 7.49. The highest BCUT2D eigenvalue weighted by Crippen LogP contribution is 2.30. The monoisotopic (exact) mass is 303 g/mol. The van der Waals surface area contributed by atoms with Gasteiger partial charge in [-0.3, -0.25) is 10.1 Å². The molecule has 0 spiro atoms. The van der Waals surface area contributed by atoms with Gasteiger partial charge in [-0.2, -0.15) is 5.10 Å². The number of nitrogens with two attached hydrogens (primary N) is 1. The Balaban J connectivity index is 1.97. The number of anilines is 1. The van der Waals surface area contributed by atoms with Gasteiger partial charge in [0.15, 0.2) is 5.82 Å². The Labute approximate surface area is 133 Å². The minimum Gasteiger partial charge on any atom is -0.382 e. The molecule has 0 aliphatic heterocycles. The Kier molecular flexibility index (Phi) is 2.94. The second kappa shape index (κ2) is 4.98. The van der Waals surface area contributed by atoms with E-state index in [9.17, 15) is 0 Å². The molecule has 0 aliphatic carbocycles. The van der Waals surface area contributed by atoms with Crippen molar-refractivity contribution in [3.63, 3.8) is 0 Å². The van der Waals surface area contributed by atoms with E-state index < -0.39 is 0 Å². The number of nitrogens with zero attached hydrogens (tertiary/aromatic N) is 3. The van der Waals surface area contributed by atoms with Crippen LogP contribution in [0.4, 0.5) is 5.82 Å². The number of hydrogen-bond donors (Lipinski definition) is 2. The van der Waals surface area contributed by atoms with Crippen molar-refractivity contribution in [1.29, 1.82) is 0 Å². The molecular weight excluding hydrogens is 286 g/mol. The van der Waals surface area contributed by atoms with E-state index in [4.69, 9.17) is 5.73 Å². The number of aromatic nitrogens is 4. The van der Waals surface area contributed by atoms with Crippen molar-refractivity contribution in [2.75, 3.05) is 5.73 Å². The number of hydrogen-bond acceptors (Lipinski definition) is 3. The SMILES string of the molecule is Cc1ccc(C)n1-c1cccnc1-c1ccc2[nH]nc(N)c2c1. The number of pyridine rings is 1. The van der Waals surface area contributed by atoms with Gasteiger partial charge in [-0.05, 0) is 50.2 Å². The highest BCUT2D eigenvalue weighted by atomic mass is 15.1. The molecule has 0 radical (unpaired) electrons. The second-order valence-electron chi connectivity index (χ2n) is 5.69. The lowest BCUT2D eigenvalue weighted by Gasteiger charge is -2.14. The van der Waals surface area contributed by atoms with Crippen molar-refractivity contribution in [3.05, 3.63) is 60.0 Å². The van der Waals surface area contributed by atoms with Gasteiger partial charge in [-0.15, -0.1) is 0 Å². The molecule has 4 rings (SSSR count). The van der Waals surface area contributed by atoms with Crippen molar-refractivity contribution >= 4 is 16.7 Å². The predicted molar refractivity (Wildman–Crippen MR) is 92.5 cm³/mol. The maximum atomic E-state index is 5.94. The maximum absolute atomic E-state index is 5.94. The van der Waals surface area contributed by atoms with Gasteiger partial charge in [0.25, 0.3) is 0 Å². The summed E-state index contributed by atoms with van der Waals surface area (Å²) in [6.07, 6.45) is 1.82. The van der Waals surface area contributed by atoms with Crippen molar-refractivity contribution in [2.45, 2.75) is 13.8 Å². The van der Waals surface area contributed by atoms with Gasteiger partial charge in [0.2, 0.25) is 0 Å². The zero-order valence-corrected chi connectivity index (χ0v) is 13.0. The quantitative estimate of drug-likeness (QED) is 0.594. The van der Waals surface area contributed by atoms with Crippen LogP contribution in [0.15, 0.2) is 48.7 Å². The fourth-order valence-electron chi connectivity index (χ4n) is 3.03. The summed E-state index contributed by atoms with van der Waals surface area (Å²) >= 11 is 0. The number of fused-ring (bicyclic) bond motifs is 1. The first-order chi connectivity index (χ1) is 11.1. The van der Waals surface area contributed by atoms with Crippen LogP contribution >= 0.6 is 0 Å². The zero-order valence-electron chi connectivity index (χ0n) is 13.0. The topological polar surface area (TPSA) is 72.5 Å². The van der Waals surface area contributed by atoms with Crippen molar-refractivity contribution in [1.82, 2.24) is 19.7 Å². The summed E-state index contributed by atoms with van der Waals surface area (Å²) in [6, 6.07) is 14.3. The third-order valence-electron chi connectivity index (χ3n) is 4.16. The minimum atomic E-state index is 0.507. The molecule has 5 heteroatoms. The molecule has 0 saturated heterocycles. The van der Waals surface area contributed by atoms with E-state index in [1.165, 1.54) is 11.4 Å². The molecule has 3 aromatic heterocycles. The molecule has 4 aromatic rings. The van der Waals surface area contributed by atoms with Gasteiger partial charge >= 0.3 is 0 Å². The maximum Gasteiger partial charge on any atom is 0.153 e. The van der Waals surface area contributed by atoms with Crippen LogP contribution < -0.4 is 5.73 Å². The van der Waals surface area contributed by atoms with Gasteiger partial charge in [0.1, 0.15) is 0 Å². The number of nitrogens with one attached hydrogen (secondary N) is 1. The van der Waals surface area contributed by atoms with Crippen molar-refractivity contribution < 1.29 is 0 Å². The second-order valence-corrected chi connectivity index (χ2v) is 5.69. The molecule has 5 nitrogen and oxygen atoms in total. The first-order valence-electron chi connectivity index (χ1n) is 7.49. The number of aromatic amines is 1. The van der Waals surface area contributed by atoms with Crippen molar-refractivity contribution in [2.24, 2.45) is 0 Å². The minimum absolute atomic E-state index is 0.507. The largest absolute Gasteiger partial charge is 0.382 e.